The van der Waals surface area contributed by atoms with E-state index in [2.05, 4.69) is 5.32 Å². The van der Waals surface area contributed by atoms with E-state index in [1.807, 2.05) is 62.4 Å². The number of benzene rings is 3. The van der Waals surface area contributed by atoms with Gasteiger partial charge in [-0.1, -0.05) is 42.0 Å². The predicted molar refractivity (Wildman–Crippen MR) is 125 cm³/mol. The van der Waals surface area contributed by atoms with Crippen molar-refractivity contribution < 1.29 is 19.1 Å². The molecule has 0 aliphatic carbocycles. The van der Waals surface area contributed by atoms with E-state index in [9.17, 15) is 9.59 Å². The molecule has 0 aromatic heterocycles. The van der Waals surface area contributed by atoms with Gasteiger partial charge in [-0.15, -0.1) is 0 Å². The number of aryl methyl sites for hydroxylation is 2. The lowest BCUT2D eigenvalue weighted by molar-refractivity contribution is -0.120. The first kappa shape index (κ1) is 21.2. The molecule has 1 heterocycles. The third-order valence-corrected chi connectivity index (χ3v) is 5.34. The van der Waals surface area contributed by atoms with E-state index < -0.39 is 11.8 Å². The van der Waals surface area contributed by atoms with Gasteiger partial charge in [-0.2, -0.15) is 0 Å². The summed E-state index contributed by atoms with van der Waals surface area (Å²) in [7, 11) is 3.09. The highest BCUT2D eigenvalue weighted by Crippen LogP contribution is 2.38. The SMILES string of the molecule is COc1cccc(NC2=C(c3ccc(C)cc3)C(=O)N(c3cc(C)ccc3OC)C2=O)c1. The molecule has 1 aliphatic heterocycles. The fourth-order valence-corrected chi connectivity index (χ4v) is 3.67. The number of hydrogen-bond donors (Lipinski definition) is 1. The Morgan fingerprint density at radius 2 is 1.50 bits per heavy atom. The number of methoxy groups -OCH3 is 2. The van der Waals surface area contributed by atoms with Crippen LogP contribution in [0.15, 0.2) is 72.4 Å². The molecule has 4 rings (SSSR count). The van der Waals surface area contributed by atoms with Crippen LogP contribution in [0, 0.1) is 13.8 Å². The molecule has 0 atom stereocenters. The van der Waals surface area contributed by atoms with Crippen LogP contribution in [0.1, 0.15) is 16.7 Å². The summed E-state index contributed by atoms with van der Waals surface area (Å²) >= 11 is 0. The summed E-state index contributed by atoms with van der Waals surface area (Å²) < 4.78 is 10.7. The predicted octanol–water partition coefficient (Wildman–Crippen LogP) is 4.72. The van der Waals surface area contributed by atoms with E-state index in [-0.39, 0.29) is 5.70 Å². The minimum Gasteiger partial charge on any atom is -0.497 e. The average Bonchev–Trinajstić information content (AvgIpc) is 3.03. The number of imide groups is 1. The van der Waals surface area contributed by atoms with Gasteiger partial charge < -0.3 is 14.8 Å². The molecule has 3 aromatic carbocycles. The number of carbonyl (C=O) groups is 2. The van der Waals surface area contributed by atoms with Crippen molar-refractivity contribution in [3.8, 4) is 11.5 Å². The normalized spacial score (nSPS) is 13.6. The van der Waals surface area contributed by atoms with E-state index >= 15 is 0 Å². The van der Waals surface area contributed by atoms with Crippen molar-refractivity contribution in [1.82, 2.24) is 0 Å². The molecule has 0 unspecified atom stereocenters. The van der Waals surface area contributed by atoms with Crippen LogP contribution in [0.5, 0.6) is 11.5 Å². The van der Waals surface area contributed by atoms with Gasteiger partial charge in [0.15, 0.2) is 0 Å². The molecular weight excluding hydrogens is 404 g/mol. The Morgan fingerprint density at radius 3 is 2.19 bits per heavy atom. The topological polar surface area (TPSA) is 67.9 Å². The molecule has 0 spiro atoms. The number of nitrogens with one attached hydrogen (secondary N) is 1. The lowest BCUT2D eigenvalue weighted by Gasteiger charge is -2.19. The van der Waals surface area contributed by atoms with Crippen molar-refractivity contribution in [3.05, 3.63) is 89.1 Å². The smallest absolute Gasteiger partial charge is 0.282 e. The van der Waals surface area contributed by atoms with Crippen molar-refractivity contribution in [2.24, 2.45) is 0 Å². The Labute approximate surface area is 187 Å². The van der Waals surface area contributed by atoms with E-state index in [0.717, 1.165) is 11.1 Å². The van der Waals surface area contributed by atoms with Gasteiger partial charge in [-0.3, -0.25) is 9.59 Å². The summed E-state index contributed by atoms with van der Waals surface area (Å²) in [5, 5.41) is 3.16. The van der Waals surface area contributed by atoms with Crippen molar-refractivity contribution in [1.29, 1.82) is 0 Å². The second-order valence-electron chi connectivity index (χ2n) is 7.59. The Morgan fingerprint density at radius 1 is 0.781 bits per heavy atom. The van der Waals surface area contributed by atoms with E-state index in [0.29, 0.717) is 34.0 Å². The number of ether oxygens (including phenoxy) is 2. The first-order valence-corrected chi connectivity index (χ1v) is 10.2. The van der Waals surface area contributed by atoms with E-state index in [1.165, 1.54) is 12.0 Å². The van der Waals surface area contributed by atoms with Gasteiger partial charge in [0.05, 0.1) is 25.5 Å². The van der Waals surface area contributed by atoms with Crippen LogP contribution < -0.4 is 19.7 Å². The number of nitrogens with zero attached hydrogens (tertiary/aromatic N) is 1. The standard InChI is InChI=1S/C26H24N2O4/c1-16-8-11-18(12-9-16)23-24(27-19-6-5-7-20(15-19)31-3)26(30)28(25(23)29)21-14-17(2)10-13-22(21)32-4/h5-15,27H,1-4H3. The minimum atomic E-state index is -0.447. The van der Waals surface area contributed by atoms with E-state index in [4.69, 9.17) is 9.47 Å². The van der Waals surface area contributed by atoms with Crippen LogP contribution in [0.3, 0.4) is 0 Å². The maximum atomic E-state index is 13.6. The zero-order valence-electron chi connectivity index (χ0n) is 18.4. The third-order valence-electron chi connectivity index (χ3n) is 5.34. The molecule has 0 radical (unpaired) electrons. The second-order valence-corrected chi connectivity index (χ2v) is 7.59. The van der Waals surface area contributed by atoms with Crippen molar-refractivity contribution in [2.45, 2.75) is 13.8 Å². The number of hydrogen-bond acceptors (Lipinski definition) is 5. The highest BCUT2D eigenvalue weighted by molar-refractivity contribution is 6.46. The number of anilines is 2. The summed E-state index contributed by atoms with van der Waals surface area (Å²) in [6.07, 6.45) is 0. The Bertz CT molecular complexity index is 1230. The van der Waals surface area contributed by atoms with Gasteiger partial charge >= 0.3 is 0 Å². The largest absolute Gasteiger partial charge is 0.497 e. The first-order valence-electron chi connectivity index (χ1n) is 10.2. The number of rotatable bonds is 6. The van der Waals surface area contributed by atoms with Crippen LogP contribution in [0.4, 0.5) is 11.4 Å². The molecule has 0 fully saturated rings. The van der Waals surface area contributed by atoms with Crippen molar-refractivity contribution >= 4 is 28.8 Å². The first-order chi connectivity index (χ1) is 15.4. The summed E-state index contributed by atoms with van der Waals surface area (Å²) in [6, 6.07) is 20.1. The summed E-state index contributed by atoms with van der Waals surface area (Å²) in [4.78, 5) is 28.4. The zero-order valence-corrected chi connectivity index (χ0v) is 18.4. The summed E-state index contributed by atoms with van der Waals surface area (Å²) in [5.74, 6) is 0.232. The minimum absolute atomic E-state index is 0.204. The molecule has 6 nitrogen and oxygen atoms in total. The fraction of sp³-hybridized carbons (Fsp3) is 0.154. The van der Waals surface area contributed by atoms with Crippen LogP contribution >= 0.6 is 0 Å². The molecule has 162 valence electrons. The maximum Gasteiger partial charge on any atom is 0.282 e. The number of carbonyl (C=O) groups excluding carboxylic acids is 2. The number of amides is 2. The highest BCUT2D eigenvalue weighted by atomic mass is 16.5. The Balaban J connectivity index is 1.85. The molecule has 1 aliphatic rings. The average molecular weight is 428 g/mol. The molecule has 0 saturated carbocycles. The van der Waals surface area contributed by atoms with Gasteiger partial charge in [0, 0.05) is 11.8 Å². The maximum absolute atomic E-state index is 13.6. The van der Waals surface area contributed by atoms with Crippen molar-refractivity contribution in [3.63, 3.8) is 0 Å². The van der Waals surface area contributed by atoms with Gasteiger partial charge in [-0.05, 0) is 49.2 Å². The molecule has 6 heteroatoms. The summed E-state index contributed by atoms with van der Waals surface area (Å²) in [6.45, 7) is 3.87. The quantitative estimate of drug-likeness (QED) is 0.576. The molecule has 1 N–H and O–H groups in total. The molecule has 3 aromatic rings. The van der Waals surface area contributed by atoms with Crippen molar-refractivity contribution in [2.75, 3.05) is 24.4 Å². The summed E-state index contributed by atoms with van der Waals surface area (Å²) in [5.41, 5.74) is 4.20. The molecular formula is C26H24N2O4. The fourth-order valence-electron chi connectivity index (χ4n) is 3.67. The molecule has 2 amide bonds. The van der Waals surface area contributed by atoms with E-state index in [1.54, 1.807) is 25.3 Å². The third kappa shape index (κ3) is 3.83. The van der Waals surface area contributed by atoms with Crippen LogP contribution in [-0.4, -0.2) is 26.0 Å². The second kappa shape index (κ2) is 8.59. The highest BCUT2D eigenvalue weighted by Gasteiger charge is 2.41. The molecule has 0 bridgehead atoms. The van der Waals surface area contributed by atoms with Crippen LogP contribution in [0.2, 0.25) is 0 Å². The Kier molecular flexibility index (Phi) is 5.69. The lowest BCUT2D eigenvalue weighted by atomic mass is 10.0. The van der Waals surface area contributed by atoms with Crippen LogP contribution in [-0.2, 0) is 9.59 Å². The van der Waals surface area contributed by atoms with Crippen LogP contribution in [0.25, 0.3) is 5.57 Å². The van der Waals surface area contributed by atoms with Gasteiger partial charge in [0.25, 0.3) is 11.8 Å². The molecule has 32 heavy (non-hydrogen) atoms. The monoisotopic (exact) mass is 428 g/mol. The zero-order chi connectivity index (χ0) is 22.8. The van der Waals surface area contributed by atoms with Gasteiger partial charge in [0.1, 0.15) is 17.2 Å². The van der Waals surface area contributed by atoms with Gasteiger partial charge in [0.2, 0.25) is 0 Å². The molecule has 0 saturated heterocycles. The lowest BCUT2D eigenvalue weighted by Crippen LogP contribution is -2.32. The Hall–Kier alpha value is -4.06. The van der Waals surface area contributed by atoms with Gasteiger partial charge in [-0.25, -0.2) is 4.90 Å².